The minimum absolute atomic E-state index is 0.281. The predicted octanol–water partition coefficient (Wildman–Crippen LogP) is 2.92. The van der Waals surface area contributed by atoms with Crippen LogP contribution in [0.2, 0.25) is 5.02 Å². The van der Waals surface area contributed by atoms with Crippen molar-refractivity contribution in [3.63, 3.8) is 0 Å². The lowest BCUT2D eigenvalue weighted by molar-refractivity contribution is 0.250. The summed E-state index contributed by atoms with van der Waals surface area (Å²) >= 11 is 6.06. The molecule has 1 aliphatic carbocycles. The maximum absolute atomic E-state index is 12.9. The van der Waals surface area contributed by atoms with Gasteiger partial charge in [-0.15, -0.1) is 0 Å². The molecule has 0 amide bonds. The fourth-order valence-electron chi connectivity index (χ4n) is 2.69. The Morgan fingerprint density at radius 2 is 2.05 bits per heavy atom. The van der Waals surface area contributed by atoms with Crippen LogP contribution in [0.5, 0.6) is 0 Å². The molecular weight excluding hydrogens is 308 g/mol. The molecule has 0 unspecified atom stereocenters. The van der Waals surface area contributed by atoms with Crippen LogP contribution in [0.15, 0.2) is 17.0 Å². The zero-order valence-electron chi connectivity index (χ0n) is 12.6. The first-order valence-electron chi connectivity index (χ1n) is 7.39. The summed E-state index contributed by atoms with van der Waals surface area (Å²) in [5.41, 5.74) is 7.17. The first kappa shape index (κ1) is 16.7. The second-order valence-corrected chi connectivity index (χ2v) is 7.99. The van der Waals surface area contributed by atoms with Crippen molar-refractivity contribution < 1.29 is 8.42 Å². The summed E-state index contributed by atoms with van der Waals surface area (Å²) in [4.78, 5) is 0.289. The molecule has 21 heavy (non-hydrogen) atoms. The van der Waals surface area contributed by atoms with Gasteiger partial charge in [0.2, 0.25) is 10.0 Å². The Kier molecular flexibility index (Phi) is 5.30. The Bertz CT molecular complexity index is 612. The normalized spacial score (nSPS) is 16.2. The molecule has 1 fully saturated rings. The third-order valence-electron chi connectivity index (χ3n) is 4.31. The van der Waals surface area contributed by atoms with Gasteiger partial charge in [0.15, 0.2) is 0 Å². The average molecular weight is 331 g/mol. The third kappa shape index (κ3) is 3.42. The van der Waals surface area contributed by atoms with Gasteiger partial charge < -0.3 is 5.73 Å². The monoisotopic (exact) mass is 330 g/mol. The lowest BCUT2D eigenvalue weighted by atomic mass is 9.85. The lowest BCUT2D eigenvalue weighted by Gasteiger charge is -2.31. The summed E-state index contributed by atoms with van der Waals surface area (Å²) < 4.78 is 27.4. The topological polar surface area (TPSA) is 63.4 Å². The fourth-order valence-corrected chi connectivity index (χ4v) is 4.81. The second kappa shape index (κ2) is 6.65. The van der Waals surface area contributed by atoms with Crippen LogP contribution in [0, 0.1) is 12.8 Å². The van der Waals surface area contributed by atoms with Crippen LogP contribution in [-0.2, 0) is 16.6 Å². The number of nitrogens with zero attached hydrogens (tertiary/aromatic N) is 1. The number of hydrogen-bond donors (Lipinski definition) is 1. The molecular formula is C15H23ClN2O2S. The van der Waals surface area contributed by atoms with Crippen molar-refractivity contribution in [1.29, 1.82) is 0 Å². The number of halogens is 1. The van der Waals surface area contributed by atoms with E-state index in [1.807, 2.05) is 6.92 Å². The molecule has 0 saturated heterocycles. The average Bonchev–Trinajstić information content (AvgIpc) is 2.39. The van der Waals surface area contributed by atoms with Crippen molar-refractivity contribution in [1.82, 2.24) is 4.31 Å². The first-order chi connectivity index (χ1) is 9.90. The Morgan fingerprint density at radius 3 is 2.52 bits per heavy atom. The SMILES string of the molecule is CCN(CC1CCC1)S(=O)(=O)c1cc(Cl)cc(CN)c1C. The molecule has 0 atom stereocenters. The summed E-state index contributed by atoms with van der Waals surface area (Å²) in [6.07, 6.45) is 3.44. The molecule has 0 bridgehead atoms. The fraction of sp³-hybridized carbons (Fsp3) is 0.600. The van der Waals surface area contributed by atoms with Crippen LogP contribution < -0.4 is 5.73 Å². The van der Waals surface area contributed by atoms with E-state index in [4.69, 9.17) is 17.3 Å². The van der Waals surface area contributed by atoms with Gasteiger partial charge in [0, 0.05) is 24.7 Å². The number of nitrogens with two attached hydrogens (primary N) is 1. The van der Waals surface area contributed by atoms with E-state index >= 15 is 0 Å². The van der Waals surface area contributed by atoms with Crippen molar-refractivity contribution in [2.45, 2.75) is 44.6 Å². The number of hydrogen-bond acceptors (Lipinski definition) is 3. The number of sulfonamides is 1. The summed E-state index contributed by atoms with van der Waals surface area (Å²) in [6, 6.07) is 3.27. The minimum Gasteiger partial charge on any atom is -0.326 e. The Morgan fingerprint density at radius 1 is 1.38 bits per heavy atom. The Labute approximate surface area is 132 Å². The van der Waals surface area contributed by atoms with E-state index in [-0.39, 0.29) is 11.4 Å². The van der Waals surface area contributed by atoms with Gasteiger partial charge in [-0.05, 0) is 48.9 Å². The molecule has 1 aromatic carbocycles. The van der Waals surface area contributed by atoms with Crippen LogP contribution in [0.3, 0.4) is 0 Å². The zero-order valence-corrected chi connectivity index (χ0v) is 14.2. The second-order valence-electron chi connectivity index (χ2n) is 5.64. The maximum Gasteiger partial charge on any atom is 0.243 e. The molecule has 0 radical (unpaired) electrons. The standard InChI is InChI=1S/C15H23ClN2O2S/c1-3-18(10-12-5-4-6-12)21(19,20)15-8-14(16)7-13(9-17)11(15)2/h7-8,12H,3-6,9-10,17H2,1-2H3. The molecule has 118 valence electrons. The van der Waals surface area contributed by atoms with E-state index in [0.717, 1.165) is 18.4 Å². The summed E-state index contributed by atoms with van der Waals surface area (Å²) in [6.45, 7) is 5.03. The van der Waals surface area contributed by atoms with Crippen LogP contribution >= 0.6 is 11.6 Å². The third-order valence-corrected chi connectivity index (χ3v) is 6.59. The highest BCUT2D eigenvalue weighted by atomic mass is 35.5. The predicted molar refractivity (Wildman–Crippen MR) is 85.9 cm³/mol. The van der Waals surface area contributed by atoms with Gasteiger partial charge >= 0.3 is 0 Å². The Balaban J connectivity index is 2.39. The van der Waals surface area contributed by atoms with Gasteiger partial charge in [-0.2, -0.15) is 4.31 Å². The molecule has 0 heterocycles. The first-order valence-corrected chi connectivity index (χ1v) is 9.21. The highest BCUT2D eigenvalue weighted by Crippen LogP contribution is 2.31. The van der Waals surface area contributed by atoms with Gasteiger partial charge in [0.05, 0.1) is 4.90 Å². The molecule has 0 aromatic heterocycles. The highest BCUT2D eigenvalue weighted by molar-refractivity contribution is 7.89. The Hall–Kier alpha value is -0.620. The summed E-state index contributed by atoms with van der Waals surface area (Å²) in [7, 11) is -3.51. The quantitative estimate of drug-likeness (QED) is 0.872. The smallest absolute Gasteiger partial charge is 0.243 e. The lowest BCUT2D eigenvalue weighted by Crippen LogP contribution is -2.37. The number of benzene rings is 1. The van der Waals surface area contributed by atoms with Crippen molar-refractivity contribution in [2.24, 2.45) is 11.7 Å². The van der Waals surface area contributed by atoms with Crippen LogP contribution in [0.4, 0.5) is 0 Å². The number of rotatable bonds is 6. The molecule has 2 N–H and O–H groups in total. The molecule has 1 aliphatic rings. The van der Waals surface area contributed by atoms with Gasteiger partial charge in [-0.3, -0.25) is 0 Å². The molecule has 4 nitrogen and oxygen atoms in total. The highest BCUT2D eigenvalue weighted by Gasteiger charge is 2.30. The van der Waals surface area contributed by atoms with Gasteiger partial charge in [0.25, 0.3) is 0 Å². The molecule has 0 spiro atoms. The van der Waals surface area contributed by atoms with E-state index in [2.05, 4.69) is 0 Å². The van der Waals surface area contributed by atoms with Crippen LogP contribution in [-0.4, -0.2) is 25.8 Å². The van der Waals surface area contributed by atoms with Gasteiger partial charge in [-0.25, -0.2) is 8.42 Å². The molecule has 0 aliphatic heterocycles. The van der Waals surface area contributed by atoms with Crippen molar-refractivity contribution in [3.8, 4) is 0 Å². The zero-order chi connectivity index (χ0) is 15.6. The van der Waals surface area contributed by atoms with Crippen LogP contribution in [0.1, 0.15) is 37.3 Å². The van der Waals surface area contributed by atoms with Crippen molar-refractivity contribution in [2.75, 3.05) is 13.1 Å². The van der Waals surface area contributed by atoms with E-state index < -0.39 is 10.0 Å². The molecule has 2 rings (SSSR count). The van der Waals surface area contributed by atoms with Crippen molar-refractivity contribution >= 4 is 21.6 Å². The molecule has 1 aromatic rings. The largest absolute Gasteiger partial charge is 0.326 e. The molecule has 6 heteroatoms. The van der Waals surface area contributed by atoms with E-state index in [0.29, 0.717) is 29.6 Å². The van der Waals surface area contributed by atoms with E-state index in [9.17, 15) is 8.42 Å². The summed E-state index contributed by atoms with van der Waals surface area (Å²) in [5.74, 6) is 0.494. The van der Waals surface area contributed by atoms with E-state index in [1.54, 1.807) is 17.3 Å². The van der Waals surface area contributed by atoms with Crippen LogP contribution in [0.25, 0.3) is 0 Å². The van der Waals surface area contributed by atoms with E-state index in [1.165, 1.54) is 12.5 Å². The maximum atomic E-state index is 12.9. The molecule has 1 saturated carbocycles. The summed E-state index contributed by atoms with van der Waals surface area (Å²) in [5, 5.41) is 0.416. The van der Waals surface area contributed by atoms with Gasteiger partial charge in [0.1, 0.15) is 0 Å². The van der Waals surface area contributed by atoms with Gasteiger partial charge in [-0.1, -0.05) is 24.9 Å². The van der Waals surface area contributed by atoms with Crippen molar-refractivity contribution in [3.05, 3.63) is 28.3 Å². The minimum atomic E-state index is -3.51.